The van der Waals surface area contributed by atoms with E-state index in [1.165, 1.54) is 7.11 Å². The fourth-order valence-corrected chi connectivity index (χ4v) is 4.83. The first-order valence-electron chi connectivity index (χ1n) is 10.4. The number of amides is 1. The maximum atomic E-state index is 12.4. The second-order valence-corrected chi connectivity index (χ2v) is 7.93. The maximum Gasteiger partial charge on any atom is 0.333 e. The molecule has 0 saturated carbocycles. The zero-order valence-electron chi connectivity index (χ0n) is 17.3. The van der Waals surface area contributed by atoms with Gasteiger partial charge < -0.3 is 15.2 Å². The van der Waals surface area contributed by atoms with Crippen molar-refractivity contribution in [3.63, 3.8) is 0 Å². The van der Waals surface area contributed by atoms with E-state index >= 15 is 0 Å². The number of methoxy groups -OCH3 is 1. The van der Waals surface area contributed by atoms with Gasteiger partial charge in [-0.15, -0.1) is 0 Å². The van der Waals surface area contributed by atoms with E-state index in [9.17, 15) is 14.7 Å². The number of carbonyl (C=O) groups excluding carboxylic acids is 1. The molecule has 1 amide bonds. The van der Waals surface area contributed by atoms with Crippen molar-refractivity contribution in [2.45, 2.75) is 37.2 Å². The smallest absolute Gasteiger partial charge is 0.333 e. The minimum Gasteiger partial charge on any atom is -0.479 e. The lowest BCUT2D eigenvalue weighted by molar-refractivity contribution is -0.156. The van der Waals surface area contributed by atoms with E-state index in [1.807, 2.05) is 30.3 Å². The molecule has 3 atom stereocenters. The highest BCUT2D eigenvalue weighted by Gasteiger charge is 2.50. The molecule has 3 N–H and O–H groups in total. The molecule has 0 bridgehead atoms. The van der Waals surface area contributed by atoms with Crippen molar-refractivity contribution >= 4 is 11.9 Å². The van der Waals surface area contributed by atoms with Crippen molar-refractivity contribution < 1.29 is 19.4 Å². The Balaban J connectivity index is 2.10. The molecule has 6 nitrogen and oxygen atoms in total. The SMILES string of the molecule is COC(C(=O)O)C(CCc1ccccc1)(c1ccc(C([NH])=O)cc1)C1CCCNC1. The number of ether oxygens (including phenoxy) is 1. The van der Waals surface area contributed by atoms with E-state index in [4.69, 9.17) is 10.5 Å². The summed E-state index contributed by atoms with van der Waals surface area (Å²) in [6, 6.07) is 16.9. The second-order valence-electron chi connectivity index (χ2n) is 7.93. The van der Waals surface area contributed by atoms with Gasteiger partial charge in [0.15, 0.2) is 6.10 Å². The summed E-state index contributed by atoms with van der Waals surface area (Å²) in [6.07, 6.45) is 2.15. The summed E-state index contributed by atoms with van der Waals surface area (Å²) in [7, 11) is 1.45. The van der Waals surface area contributed by atoms with Crippen molar-refractivity contribution in [1.29, 1.82) is 0 Å². The van der Waals surface area contributed by atoms with Crippen molar-refractivity contribution in [3.8, 4) is 0 Å². The standard InChI is InChI=1S/C24H29N2O4/c1-30-21(23(28)29)24(20-8-5-15-26-16-20,14-13-17-6-3-2-4-7-17)19-11-9-18(10-12-19)22(25)27/h2-4,6-7,9-12,20-21,25-26H,5,8,13-16H2,1H3,(H,28,29). The molecule has 0 spiro atoms. The summed E-state index contributed by atoms with van der Waals surface area (Å²) in [5.74, 6) is -1.68. The monoisotopic (exact) mass is 409 g/mol. The van der Waals surface area contributed by atoms with Gasteiger partial charge in [0.2, 0.25) is 0 Å². The van der Waals surface area contributed by atoms with Gasteiger partial charge in [0.05, 0.1) is 0 Å². The van der Waals surface area contributed by atoms with Crippen LogP contribution in [0.1, 0.15) is 40.7 Å². The van der Waals surface area contributed by atoms with Gasteiger partial charge in [0, 0.05) is 18.1 Å². The first kappa shape index (κ1) is 22.0. The Morgan fingerprint density at radius 2 is 1.90 bits per heavy atom. The van der Waals surface area contributed by atoms with Gasteiger partial charge in [-0.2, -0.15) is 0 Å². The van der Waals surface area contributed by atoms with Crippen LogP contribution in [0.5, 0.6) is 0 Å². The molecule has 0 aliphatic carbocycles. The Morgan fingerprint density at radius 1 is 1.20 bits per heavy atom. The van der Waals surface area contributed by atoms with Gasteiger partial charge in [0.1, 0.15) is 0 Å². The highest BCUT2D eigenvalue weighted by molar-refractivity contribution is 5.92. The Labute approximate surface area is 177 Å². The molecule has 2 aromatic rings. The van der Waals surface area contributed by atoms with E-state index in [1.54, 1.807) is 24.3 Å². The highest BCUT2D eigenvalue weighted by atomic mass is 16.5. The van der Waals surface area contributed by atoms with Crippen molar-refractivity contribution in [1.82, 2.24) is 11.1 Å². The predicted molar refractivity (Wildman–Crippen MR) is 114 cm³/mol. The molecular weight excluding hydrogens is 380 g/mol. The van der Waals surface area contributed by atoms with Crippen molar-refractivity contribution in [2.75, 3.05) is 20.2 Å². The van der Waals surface area contributed by atoms with Gasteiger partial charge in [0.25, 0.3) is 5.91 Å². The summed E-state index contributed by atoms with van der Waals surface area (Å²) in [5, 5.41) is 13.5. The van der Waals surface area contributed by atoms with Crippen LogP contribution in [0.4, 0.5) is 0 Å². The van der Waals surface area contributed by atoms with Gasteiger partial charge in [-0.1, -0.05) is 42.5 Å². The summed E-state index contributed by atoms with van der Waals surface area (Å²) < 4.78 is 5.62. The number of hydrogen-bond donors (Lipinski definition) is 2. The van der Waals surface area contributed by atoms with E-state index in [-0.39, 0.29) is 5.92 Å². The number of piperidine rings is 1. The quantitative estimate of drug-likeness (QED) is 0.663. The van der Waals surface area contributed by atoms with Crippen LogP contribution in [0, 0.1) is 5.92 Å². The molecule has 3 rings (SSSR count). The molecule has 1 radical (unpaired) electrons. The molecule has 3 unspecified atom stereocenters. The Kier molecular flexibility index (Phi) is 7.24. The molecule has 159 valence electrons. The fourth-order valence-electron chi connectivity index (χ4n) is 4.83. The van der Waals surface area contributed by atoms with Crippen molar-refractivity contribution in [3.05, 3.63) is 71.3 Å². The van der Waals surface area contributed by atoms with Crippen LogP contribution in [0.3, 0.4) is 0 Å². The normalized spacial score (nSPS) is 19.6. The topological polar surface area (TPSA) is 99.4 Å². The Bertz CT molecular complexity index is 847. The van der Waals surface area contributed by atoms with E-state index in [0.29, 0.717) is 24.9 Å². The van der Waals surface area contributed by atoms with Gasteiger partial charge in [-0.3, -0.25) is 10.5 Å². The van der Waals surface area contributed by atoms with E-state index in [2.05, 4.69) is 5.32 Å². The molecular formula is C24H29N2O4. The molecule has 1 saturated heterocycles. The Hall–Kier alpha value is -2.70. The third-order valence-corrected chi connectivity index (χ3v) is 6.31. The minimum absolute atomic E-state index is 0.0635. The molecule has 1 aliphatic heterocycles. The van der Waals surface area contributed by atoms with E-state index in [0.717, 1.165) is 30.5 Å². The number of rotatable bonds is 9. The lowest BCUT2D eigenvalue weighted by Gasteiger charge is -2.46. The molecule has 1 fully saturated rings. The first-order valence-corrected chi connectivity index (χ1v) is 10.4. The second kappa shape index (κ2) is 9.87. The van der Waals surface area contributed by atoms with Crippen LogP contribution >= 0.6 is 0 Å². The minimum atomic E-state index is -1.02. The van der Waals surface area contributed by atoms with Crippen LogP contribution < -0.4 is 11.1 Å². The number of nitrogens with one attached hydrogen (secondary N) is 2. The third kappa shape index (κ3) is 4.55. The maximum absolute atomic E-state index is 12.4. The number of carboxylic acid groups (broad SMARTS) is 1. The largest absolute Gasteiger partial charge is 0.479 e. The number of carbonyl (C=O) groups is 2. The van der Waals surface area contributed by atoms with E-state index < -0.39 is 23.4 Å². The summed E-state index contributed by atoms with van der Waals surface area (Å²) in [5.41, 5.74) is 8.86. The molecule has 2 aromatic carbocycles. The molecule has 30 heavy (non-hydrogen) atoms. The molecule has 1 heterocycles. The number of carboxylic acids is 1. The fraction of sp³-hybridized carbons (Fsp3) is 0.417. The molecule has 0 aromatic heterocycles. The van der Waals surface area contributed by atoms with Crippen molar-refractivity contribution in [2.24, 2.45) is 5.92 Å². The number of aryl methyl sites for hydroxylation is 1. The number of hydrogen-bond acceptors (Lipinski definition) is 4. The highest BCUT2D eigenvalue weighted by Crippen LogP contribution is 2.44. The summed E-state index contributed by atoms with van der Waals surface area (Å²) in [6.45, 7) is 1.63. The third-order valence-electron chi connectivity index (χ3n) is 6.31. The Morgan fingerprint density at radius 3 is 2.43 bits per heavy atom. The number of aliphatic carboxylic acids is 1. The van der Waals surface area contributed by atoms with Crippen LogP contribution in [-0.2, 0) is 21.4 Å². The average molecular weight is 410 g/mol. The van der Waals surface area contributed by atoms with Gasteiger partial charge in [-0.05, 0) is 68.0 Å². The van der Waals surface area contributed by atoms with Crippen LogP contribution in [0.25, 0.3) is 0 Å². The van der Waals surface area contributed by atoms with Gasteiger partial charge in [-0.25, -0.2) is 4.79 Å². The lowest BCUT2D eigenvalue weighted by Crippen LogP contribution is -2.55. The summed E-state index contributed by atoms with van der Waals surface area (Å²) >= 11 is 0. The lowest BCUT2D eigenvalue weighted by atomic mass is 9.61. The zero-order chi connectivity index (χ0) is 21.6. The molecule has 1 aliphatic rings. The predicted octanol–water partition coefficient (Wildman–Crippen LogP) is 3.08. The van der Waals surface area contributed by atoms with Crippen LogP contribution in [-0.4, -0.2) is 43.3 Å². The number of benzene rings is 2. The average Bonchev–Trinajstić information content (AvgIpc) is 2.78. The van der Waals surface area contributed by atoms with Crippen LogP contribution in [0.15, 0.2) is 54.6 Å². The zero-order valence-corrected chi connectivity index (χ0v) is 17.3. The van der Waals surface area contributed by atoms with Gasteiger partial charge >= 0.3 is 5.97 Å². The van der Waals surface area contributed by atoms with Crippen LogP contribution in [0.2, 0.25) is 0 Å². The summed E-state index contributed by atoms with van der Waals surface area (Å²) in [4.78, 5) is 23.8. The first-order chi connectivity index (χ1) is 14.5. The molecule has 6 heteroatoms.